The van der Waals surface area contributed by atoms with Crippen molar-refractivity contribution in [2.24, 2.45) is 5.92 Å². The smallest absolute Gasteiger partial charge is 0.0492 e. The van der Waals surface area contributed by atoms with Gasteiger partial charge >= 0.3 is 0 Å². The molecule has 1 aliphatic carbocycles. The van der Waals surface area contributed by atoms with Crippen LogP contribution in [0.3, 0.4) is 0 Å². The minimum Gasteiger partial charge on any atom is -0.294 e. The number of rotatable bonds is 2. The first-order chi connectivity index (χ1) is 9.88. The predicted octanol–water partition coefficient (Wildman–Crippen LogP) is 2.79. The van der Waals surface area contributed by atoms with E-state index in [1.165, 1.54) is 37.9 Å². The minimum absolute atomic E-state index is 0.691. The van der Waals surface area contributed by atoms with E-state index in [1.54, 1.807) is 11.1 Å². The third-order valence-electron chi connectivity index (χ3n) is 4.93. The van der Waals surface area contributed by atoms with E-state index in [4.69, 9.17) is 0 Å². The number of nitrogens with zero attached hydrogens (tertiary/aromatic N) is 2. The molecule has 3 heterocycles. The van der Waals surface area contributed by atoms with E-state index >= 15 is 0 Å². The van der Waals surface area contributed by atoms with Gasteiger partial charge in [0.2, 0.25) is 0 Å². The van der Waals surface area contributed by atoms with Gasteiger partial charge in [-0.05, 0) is 48.8 Å². The average molecular weight is 267 g/mol. The summed E-state index contributed by atoms with van der Waals surface area (Å²) in [4.78, 5) is 2.66. The predicted molar refractivity (Wildman–Crippen MR) is 79.4 cm³/mol. The van der Waals surface area contributed by atoms with Crippen LogP contribution < -0.4 is 0 Å². The number of aromatic amines is 1. The molecule has 2 aliphatic heterocycles. The van der Waals surface area contributed by atoms with Crippen molar-refractivity contribution in [2.75, 3.05) is 6.54 Å². The third kappa shape index (κ3) is 2.27. The molecule has 1 fully saturated rings. The lowest BCUT2D eigenvalue weighted by Crippen LogP contribution is -2.46. The molecule has 3 nitrogen and oxygen atoms in total. The van der Waals surface area contributed by atoms with Crippen LogP contribution in [0.15, 0.2) is 36.5 Å². The maximum absolute atomic E-state index is 4.08. The number of hydrogen-bond donors (Lipinski definition) is 1. The number of hydrogen-bond acceptors (Lipinski definition) is 2. The van der Waals surface area contributed by atoms with Crippen LogP contribution in [0.2, 0.25) is 0 Å². The van der Waals surface area contributed by atoms with Crippen LogP contribution in [0.25, 0.3) is 0 Å². The fourth-order valence-electron chi connectivity index (χ4n) is 3.89. The Labute approximate surface area is 120 Å². The molecule has 0 spiro atoms. The average Bonchev–Trinajstić information content (AvgIpc) is 2.93. The van der Waals surface area contributed by atoms with E-state index in [1.807, 2.05) is 6.20 Å². The summed E-state index contributed by atoms with van der Waals surface area (Å²) in [7, 11) is 0. The van der Waals surface area contributed by atoms with E-state index in [-0.39, 0.29) is 0 Å². The van der Waals surface area contributed by atoms with Gasteiger partial charge in [-0.3, -0.25) is 10.00 Å². The molecule has 1 saturated heterocycles. The van der Waals surface area contributed by atoms with Crippen LogP contribution >= 0.6 is 0 Å². The summed E-state index contributed by atoms with van der Waals surface area (Å²) in [6.07, 6.45) is 7.04. The Morgan fingerprint density at radius 3 is 2.75 bits per heavy atom. The molecule has 3 aliphatic rings. The molecular formula is C17H21N3. The molecule has 0 amide bonds. The summed E-state index contributed by atoms with van der Waals surface area (Å²) in [6, 6.07) is 11.8. The SMILES string of the molecule is c1ccc2c(c1)CC1CCC(C2)N(Cc2ccn[nH]2)C1. The summed E-state index contributed by atoms with van der Waals surface area (Å²) >= 11 is 0. The van der Waals surface area contributed by atoms with Gasteiger partial charge in [-0.25, -0.2) is 0 Å². The van der Waals surface area contributed by atoms with Gasteiger partial charge in [-0.15, -0.1) is 0 Å². The lowest BCUT2D eigenvalue weighted by Gasteiger charge is -2.42. The van der Waals surface area contributed by atoms with Crippen molar-refractivity contribution in [1.82, 2.24) is 15.1 Å². The molecule has 2 bridgehead atoms. The zero-order valence-corrected chi connectivity index (χ0v) is 11.8. The first kappa shape index (κ1) is 12.2. The quantitative estimate of drug-likeness (QED) is 0.907. The highest BCUT2D eigenvalue weighted by atomic mass is 15.2. The number of H-pyrrole nitrogens is 1. The highest BCUT2D eigenvalue weighted by Gasteiger charge is 2.31. The lowest BCUT2D eigenvalue weighted by molar-refractivity contribution is 0.0925. The molecule has 3 heteroatoms. The third-order valence-corrected chi connectivity index (χ3v) is 4.93. The molecule has 2 unspecified atom stereocenters. The van der Waals surface area contributed by atoms with Gasteiger partial charge in [0.1, 0.15) is 0 Å². The second kappa shape index (κ2) is 5.06. The number of benzene rings is 1. The molecule has 104 valence electrons. The summed E-state index contributed by atoms with van der Waals surface area (Å²) < 4.78 is 0. The van der Waals surface area contributed by atoms with Crippen molar-refractivity contribution in [3.8, 4) is 0 Å². The summed E-state index contributed by atoms with van der Waals surface area (Å²) in [6.45, 7) is 2.25. The van der Waals surface area contributed by atoms with E-state index < -0.39 is 0 Å². The van der Waals surface area contributed by atoms with Crippen LogP contribution in [0, 0.1) is 5.92 Å². The van der Waals surface area contributed by atoms with Gasteiger partial charge in [0.15, 0.2) is 0 Å². The van der Waals surface area contributed by atoms with Crippen molar-refractivity contribution in [3.63, 3.8) is 0 Å². The monoisotopic (exact) mass is 267 g/mol. The van der Waals surface area contributed by atoms with Crippen LogP contribution in [-0.4, -0.2) is 27.7 Å². The van der Waals surface area contributed by atoms with E-state index in [0.717, 1.165) is 12.5 Å². The maximum atomic E-state index is 4.08. The van der Waals surface area contributed by atoms with Crippen molar-refractivity contribution in [1.29, 1.82) is 0 Å². The van der Waals surface area contributed by atoms with E-state index in [0.29, 0.717) is 6.04 Å². The van der Waals surface area contributed by atoms with Gasteiger partial charge in [-0.1, -0.05) is 24.3 Å². The van der Waals surface area contributed by atoms with E-state index in [2.05, 4.69) is 45.4 Å². The largest absolute Gasteiger partial charge is 0.294 e. The normalized spacial score (nSPS) is 26.0. The summed E-state index contributed by atoms with van der Waals surface area (Å²) in [5, 5.41) is 7.18. The molecule has 2 atom stereocenters. The maximum Gasteiger partial charge on any atom is 0.0492 e. The Morgan fingerprint density at radius 1 is 1.10 bits per heavy atom. The molecule has 1 aromatic carbocycles. The number of nitrogens with one attached hydrogen (secondary N) is 1. The molecule has 20 heavy (non-hydrogen) atoms. The first-order valence-electron chi connectivity index (χ1n) is 7.67. The van der Waals surface area contributed by atoms with E-state index in [9.17, 15) is 0 Å². The fourth-order valence-corrected chi connectivity index (χ4v) is 3.89. The molecule has 1 N–H and O–H groups in total. The fraction of sp³-hybridized carbons (Fsp3) is 0.471. The summed E-state index contributed by atoms with van der Waals surface area (Å²) in [5.41, 5.74) is 4.39. The van der Waals surface area contributed by atoms with Gasteiger partial charge in [0, 0.05) is 31.0 Å². The second-order valence-electron chi connectivity index (χ2n) is 6.29. The molecule has 1 aromatic heterocycles. The Hall–Kier alpha value is -1.61. The zero-order valence-electron chi connectivity index (χ0n) is 11.8. The topological polar surface area (TPSA) is 31.9 Å². The number of aromatic nitrogens is 2. The van der Waals surface area contributed by atoms with Crippen molar-refractivity contribution in [3.05, 3.63) is 53.3 Å². The zero-order chi connectivity index (χ0) is 13.4. The van der Waals surface area contributed by atoms with Gasteiger partial charge in [-0.2, -0.15) is 5.10 Å². The van der Waals surface area contributed by atoms with Crippen LogP contribution in [0.1, 0.15) is 29.7 Å². The molecule has 2 aromatic rings. The Balaban J connectivity index is 1.60. The van der Waals surface area contributed by atoms with Crippen LogP contribution in [0.5, 0.6) is 0 Å². The van der Waals surface area contributed by atoms with Gasteiger partial charge in [0.05, 0.1) is 0 Å². The van der Waals surface area contributed by atoms with Crippen molar-refractivity contribution >= 4 is 0 Å². The van der Waals surface area contributed by atoms with Gasteiger partial charge < -0.3 is 0 Å². The molecule has 5 rings (SSSR count). The Bertz CT molecular complexity index is 576. The molecular weight excluding hydrogens is 246 g/mol. The summed E-state index contributed by atoms with van der Waals surface area (Å²) in [5.74, 6) is 0.815. The minimum atomic E-state index is 0.691. The first-order valence-corrected chi connectivity index (χ1v) is 7.67. The van der Waals surface area contributed by atoms with Gasteiger partial charge in [0.25, 0.3) is 0 Å². The molecule has 0 radical (unpaired) electrons. The Kier molecular flexibility index (Phi) is 3.07. The number of fused-ring (bicyclic) bond motifs is 2. The van der Waals surface area contributed by atoms with Crippen molar-refractivity contribution < 1.29 is 0 Å². The van der Waals surface area contributed by atoms with Crippen molar-refractivity contribution in [2.45, 2.75) is 38.3 Å². The highest BCUT2D eigenvalue weighted by Crippen LogP contribution is 2.32. The molecule has 0 saturated carbocycles. The van der Waals surface area contributed by atoms with Crippen LogP contribution in [-0.2, 0) is 19.4 Å². The van der Waals surface area contributed by atoms with Crippen LogP contribution in [0.4, 0.5) is 0 Å². The lowest BCUT2D eigenvalue weighted by atomic mass is 9.80. The second-order valence-corrected chi connectivity index (χ2v) is 6.29. The highest BCUT2D eigenvalue weighted by molar-refractivity contribution is 5.29. The number of piperidine rings is 1. The standard InChI is InChI=1S/C17H21N3/c1-2-4-15-10-17-6-5-13(9-14(15)3-1)11-20(17)12-16-7-8-18-19-16/h1-4,7-8,13,17H,5-6,9-12H2,(H,18,19). The Morgan fingerprint density at radius 2 is 1.95 bits per heavy atom.